The molecule has 0 fully saturated rings. The van der Waals surface area contributed by atoms with Gasteiger partial charge in [0.1, 0.15) is 66.4 Å². The molecule has 77 heavy (non-hydrogen) atoms. The van der Waals surface area contributed by atoms with E-state index in [1.807, 2.05) is 36.4 Å². The molecule has 0 atom stereocenters. The highest BCUT2D eigenvalue weighted by molar-refractivity contribution is 8.30. The van der Waals surface area contributed by atoms with Crippen LogP contribution in [-0.2, 0) is 4.18 Å². The average Bonchev–Trinajstić information content (AvgIpc) is 3.48. The maximum atomic E-state index is 14.5. The normalized spacial score (nSPS) is 11.5. The van der Waals surface area contributed by atoms with Crippen LogP contribution in [0.4, 0.5) is 4.79 Å². The molecule has 0 saturated carbocycles. The summed E-state index contributed by atoms with van der Waals surface area (Å²) in [5, 5.41) is 11.8. The fraction of sp³-hybridized carbons (Fsp3) is 0.703. The predicted octanol–water partition coefficient (Wildman–Crippen LogP) is 19.7. The number of ether oxygens (including phenoxy) is 9. The molecular weight excluding hydrogens is 993 g/mol. The zero-order valence-electron chi connectivity index (χ0n) is 49.8. The van der Waals surface area contributed by atoms with E-state index < -0.39 is 16.5 Å². The van der Waals surface area contributed by atoms with Gasteiger partial charge in [0.15, 0.2) is 0 Å². The fourth-order valence-electron chi connectivity index (χ4n) is 8.77. The van der Waals surface area contributed by atoms with Crippen molar-refractivity contribution in [3.8, 4) is 51.7 Å². The van der Waals surface area contributed by atoms with E-state index in [0.29, 0.717) is 126 Å². The smallest absolute Gasteiger partial charge is 0.493 e. The van der Waals surface area contributed by atoms with Gasteiger partial charge in [0.25, 0.3) is 0 Å². The summed E-state index contributed by atoms with van der Waals surface area (Å²) in [6.45, 7) is 23.0. The van der Waals surface area contributed by atoms with E-state index in [-0.39, 0.29) is 0 Å². The van der Waals surface area contributed by atoms with Crippen molar-refractivity contribution in [2.24, 2.45) is 0 Å². The zero-order valence-corrected chi connectivity index (χ0v) is 50.6. The maximum Gasteiger partial charge on any atom is 0.517 e. The first-order valence-electron chi connectivity index (χ1n) is 30.7. The lowest BCUT2D eigenvalue weighted by molar-refractivity contribution is 0.149. The molecule has 0 heterocycles. The minimum atomic E-state index is -3.83. The van der Waals surface area contributed by atoms with Crippen LogP contribution >= 0.6 is 10.3 Å². The van der Waals surface area contributed by atoms with E-state index in [9.17, 15) is 9.90 Å². The van der Waals surface area contributed by atoms with Gasteiger partial charge in [-0.3, -0.25) is 0 Å². The van der Waals surface area contributed by atoms with E-state index in [0.717, 1.165) is 173 Å². The summed E-state index contributed by atoms with van der Waals surface area (Å²) in [5.41, 5.74) is 0. The first-order valence-corrected chi connectivity index (χ1v) is 32.2. The van der Waals surface area contributed by atoms with Crippen LogP contribution in [0.15, 0.2) is 51.1 Å². The molecule has 0 aliphatic carbocycles. The van der Waals surface area contributed by atoms with Gasteiger partial charge in [-0.2, -0.15) is 0 Å². The van der Waals surface area contributed by atoms with Gasteiger partial charge in [0, 0.05) is 46.7 Å². The maximum absolute atomic E-state index is 14.5. The molecule has 13 heteroatoms. The second-order valence-electron chi connectivity index (χ2n) is 20.2. The number of carbonyl (C=O) groups is 1. The van der Waals surface area contributed by atoms with Gasteiger partial charge in [0.05, 0.1) is 59.5 Å². The molecule has 1 N–H and O–H groups in total. The molecule has 0 unspecified atom stereocenters. The number of carboxylic acid groups (broad SMARTS) is 1. The molecule has 3 aromatic carbocycles. The Bertz CT molecular complexity index is 1700. The Hall–Kier alpha value is -4.52. The van der Waals surface area contributed by atoms with E-state index in [2.05, 4.69) is 62.3 Å². The number of hydrogen-bond acceptors (Lipinski definition) is 11. The van der Waals surface area contributed by atoms with Crippen molar-refractivity contribution in [2.45, 2.75) is 250 Å². The second kappa shape index (κ2) is 41.5. The van der Waals surface area contributed by atoms with Gasteiger partial charge in [-0.05, 0) is 57.8 Å². The highest BCUT2D eigenvalue weighted by atomic mass is 32.3. The van der Waals surface area contributed by atoms with E-state index in [1.165, 1.54) is 0 Å². The van der Waals surface area contributed by atoms with Gasteiger partial charge >= 0.3 is 6.16 Å². The molecule has 0 saturated heterocycles. The minimum Gasteiger partial charge on any atom is -0.493 e. The van der Waals surface area contributed by atoms with Crippen molar-refractivity contribution in [2.75, 3.05) is 59.5 Å². The summed E-state index contributed by atoms with van der Waals surface area (Å²) >= 11 is 0. The van der Waals surface area contributed by atoms with Crippen molar-refractivity contribution in [3.63, 3.8) is 0 Å². The monoisotopic (exact) mass is 1100 g/mol. The van der Waals surface area contributed by atoms with E-state index in [1.54, 1.807) is 0 Å². The van der Waals surface area contributed by atoms with Crippen molar-refractivity contribution in [1.29, 1.82) is 0 Å². The lowest BCUT2D eigenvalue weighted by atomic mass is 10.2. The second-order valence-corrected chi connectivity index (χ2v) is 22.7. The Labute approximate surface area is 469 Å². The van der Waals surface area contributed by atoms with Gasteiger partial charge in [-0.25, -0.2) is 4.79 Å². The Morgan fingerprint density at radius 2 is 0.468 bits per heavy atom. The quantitative estimate of drug-likeness (QED) is 0.0540. The van der Waals surface area contributed by atoms with Gasteiger partial charge in [0.2, 0.25) is 0 Å². The van der Waals surface area contributed by atoms with Crippen molar-refractivity contribution in [1.82, 2.24) is 0 Å². The Kier molecular flexibility index (Phi) is 36.0. The highest BCUT2D eigenvalue weighted by Crippen LogP contribution is 2.80. The van der Waals surface area contributed by atoms with Crippen LogP contribution in [-0.4, -0.2) is 70.7 Å². The molecule has 440 valence electrons. The number of hydrogen-bond donors (Lipinski definition) is 1. The van der Waals surface area contributed by atoms with Gasteiger partial charge in [-0.1, -0.05) is 178 Å². The summed E-state index contributed by atoms with van der Waals surface area (Å²) in [5.74, 6) is 3.89. The van der Waals surface area contributed by atoms with Crippen LogP contribution < -0.4 is 42.6 Å². The van der Waals surface area contributed by atoms with Crippen LogP contribution in [0.1, 0.15) is 236 Å². The van der Waals surface area contributed by atoms with Crippen molar-refractivity contribution < 1.29 is 56.7 Å². The Balaban J connectivity index is 2.92. The molecular formula is C64H106O12S. The summed E-state index contributed by atoms with van der Waals surface area (Å²) < 4.78 is 69.4. The third-order valence-corrected chi connectivity index (χ3v) is 16.4. The zero-order chi connectivity index (χ0) is 55.8. The van der Waals surface area contributed by atoms with E-state index >= 15 is 0 Å². The summed E-state index contributed by atoms with van der Waals surface area (Å²) in [6.07, 6.45) is 23.3. The molecule has 0 aromatic heterocycles. The van der Waals surface area contributed by atoms with Gasteiger partial charge in [-0.15, -0.1) is 0 Å². The lowest BCUT2D eigenvalue weighted by Crippen LogP contribution is -2.20. The first kappa shape index (κ1) is 66.8. The number of unbranched alkanes of at least 4 members (excludes halogenated alkanes) is 18. The molecule has 0 spiro atoms. The average molecular weight is 1100 g/mol. The number of rotatable bonds is 49. The van der Waals surface area contributed by atoms with Crippen molar-refractivity contribution in [3.05, 3.63) is 36.4 Å². The first-order chi connectivity index (χ1) is 37.7. The van der Waals surface area contributed by atoms with Crippen LogP contribution in [0.2, 0.25) is 0 Å². The largest absolute Gasteiger partial charge is 0.517 e. The highest BCUT2D eigenvalue weighted by Gasteiger charge is 2.50. The molecule has 0 aliphatic heterocycles. The molecule has 0 radical (unpaired) electrons. The third kappa shape index (κ3) is 23.8. The minimum absolute atomic E-state index is 0.342. The Morgan fingerprint density at radius 3 is 0.623 bits per heavy atom. The van der Waals surface area contributed by atoms with Gasteiger partial charge < -0.3 is 51.9 Å². The summed E-state index contributed by atoms with van der Waals surface area (Å²) in [7, 11) is -3.83. The summed E-state index contributed by atoms with van der Waals surface area (Å²) in [4.78, 5) is 15.6. The molecule has 0 bridgehead atoms. The standard InChI is InChI=1S/C64H106O12S/c1-10-19-28-37-67-52-46-55(70-40-31-22-13-4)61(56(47-52)71-41-32-23-14-5)77(76-64(65)66,62-57(72-42-33-24-15-6)48-53(68-38-29-20-11-2)49-58(62)73-43-34-25-16-7)63-59(74-44-35-26-17-8)50-54(69-39-30-21-12-3)51-60(63)75-45-36-27-18-9/h46-51H,10-45H2,1-9H3,(H,65,66). The fourth-order valence-corrected chi connectivity index (χ4v) is 12.3. The van der Waals surface area contributed by atoms with E-state index in [4.69, 9.17) is 46.8 Å². The predicted molar refractivity (Wildman–Crippen MR) is 316 cm³/mol. The SMILES string of the molecule is CCCCCOc1cc(OCCCCC)c(S(OC(=O)O)(c2c(OCCCCC)cc(OCCCCC)cc2OCCCCC)c2c(OCCCCC)cc(OCCCCC)cc2OCCCCC)c(OCCCCC)c1. The van der Waals surface area contributed by atoms with Crippen LogP contribution in [0.25, 0.3) is 0 Å². The Morgan fingerprint density at radius 1 is 0.299 bits per heavy atom. The molecule has 12 nitrogen and oxygen atoms in total. The lowest BCUT2D eigenvalue weighted by Gasteiger charge is -2.42. The summed E-state index contributed by atoms with van der Waals surface area (Å²) in [6, 6.07) is 11.3. The molecule has 0 amide bonds. The third-order valence-electron chi connectivity index (χ3n) is 13.1. The van der Waals surface area contributed by atoms with Crippen LogP contribution in [0, 0.1) is 0 Å². The molecule has 3 aromatic rings. The topological polar surface area (TPSA) is 130 Å². The molecule has 0 aliphatic rings. The number of benzene rings is 3. The van der Waals surface area contributed by atoms with Crippen LogP contribution in [0.5, 0.6) is 51.7 Å². The van der Waals surface area contributed by atoms with Crippen LogP contribution in [0.3, 0.4) is 0 Å². The van der Waals surface area contributed by atoms with Crippen molar-refractivity contribution >= 4 is 16.5 Å². The molecule has 3 rings (SSSR count).